The second-order valence-electron chi connectivity index (χ2n) is 5.29. The molecule has 0 saturated carbocycles. The Labute approximate surface area is 102 Å². The molecule has 0 unspecified atom stereocenters. The Bertz CT molecular complexity index is 419. The summed E-state index contributed by atoms with van der Waals surface area (Å²) >= 11 is 6.28. The lowest BCUT2D eigenvalue weighted by Crippen LogP contribution is -2.38. The fourth-order valence-corrected chi connectivity index (χ4v) is 3.54. The fourth-order valence-electron chi connectivity index (χ4n) is 3.38. The van der Waals surface area contributed by atoms with Crippen LogP contribution >= 0.6 is 11.6 Å². The van der Waals surface area contributed by atoms with Crippen LogP contribution in [0.15, 0.2) is 12.1 Å². The molecule has 1 aromatic rings. The third-order valence-corrected chi connectivity index (χ3v) is 4.80. The lowest BCUT2D eigenvalue weighted by molar-refractivity contribution is 0.306. The Morgan fingerprint density at radius 2 is 1.94 bits per heavy atom. The zero-order valence-corrected chi connectivity index (χ0v) is 10.5. The molecule has 0 bridgehead atoms. The van der Waals surface area contributed by atoms with Crippen LogP contribution in [0.3, 0.4) is 0 Å². The predicted octanol–water partition coefficient (Wildman–Crippen LogP) is 3.22. The number of hydrogen-bond acceptors (Lipinski definition) is 1. The molecule has 1 saturated heterocycles. The van der Waals surface area contributed by atoms with Crippen molar-refractivity contribution in [2.45, 2.75) is 38.0 Å². The van der Waals surface area contributed by atoms with Crippen molar-refractivity contribution in [2.24, 2.45) is 0 Å². The van der Waals surface area contributed by atoms with E-state index in [2.05, 4.69) is 24.4 Å². The Balaban J connectivity index is 2.07. The lowest BCUT2D eigenvalue weighted by Gasteiger charge is -2.35. The SMILES string of the molecule is Cc1cc2c(cc1Cl)C1(CCNCC1)CC2. The van der Waals surface area contributed by atoms with Crippen molar-refractivity contribution in [3.63, 3.8) is 0 Å². The van der Waals surface area contributed by atoms with Gasteiger partial charge in [-0.3, -0.25) is 0 Å². The molecule has 1 nitrogen and oxygen atoms in total. The maximum Gasteiger partial charge on any atom is 0.0438 e. The fraction of sp³-hybridized carbons (Fsp3) is 0.571. The summed E-state index contributed by atoms with van der Waals surface area (Å²) in [6.07, 6.45) is 5.12. The molecular formula is C14H18ClN. The molecular weight excluding hydrogens is 218 g/mol. The number of benzene rings is 1. The van der Waals surface area contributed by atoms with Crippen molar-refractivity contribution in [3.8, 4) is 0 Å². The monoisotopic (exact) mass is 235 g/mol. The first-order chi connectivity index (χ1) is 7.71. The van der Waals surface area contributed by atoms with Crippen LogP contribution in [0.4, 0.5) is 0 Å². The van der Waals surface area contributed by atoms with E-state index in [0.29, 0.717) is 5.41 Å². The standard InChI is InChI=1S/C14H18ClN/c1-10-8-11-2-3-14(4-6-16-7-5-14)12(11)9-13(10)15/h8-9,16H,2-7H2,1H3. The number of piperidine rings is 1. The van der Waals surface area contributed by atoms with Gasteiger partial charge in [-0.15, -0.1) is 0 Å². The minimum atomic E-state index is 0.442. The molecule has 2 aliphatic rings. The number of rotatable bonds is 0. The van der Waals surface area contributed by atoms with E-state index in [4.69, 9.17) is 11.6 Å². The van der Waals surface area contributed by atoms with Crippen molar-refractivity contribution in [1.82, 2.24) is 5.32 Å². The van der Waals surface area contributed by atoms with Gasteiger partial charge in [0.2, 0.25) is 0 Å². The summed E-state index contributed by atoms with van der Waals surface area (Å²) < 4.78 is 0. The van der Waals surface area contributed by atoms with Gasteiger partial charge >= 0.3 is 0 Å². The molecule has 86 valence electrons. The van der Waals surface area contributed by atoms with Gasteiger partial charge in [0.1, 0.15) is 0 Å². The largest absolute Gasteiger partial charge is 0.317 e. The summed E-state index contributed by atoms with van der Waals surface area (Å²) in [4.78, 5) is 0. The number of nitrogens with one attached hydrogen (secondary N) is 1. The van der Waals surface area contributed by atoms with Gasteiger partial charge in [-0.05, 0) is 73.9 Å². The van der Waals surface area contributed by atoms with Crippen LogP contribution in [-0.2, 0) is 11.8 Å². The summed E-state index contributed by atoms with van der Waals surface area (Å²) in [5.74, 6) is 0. The van der Waals surface area contributed by atoms with E-state index in [-0.39, 0.29) is 0 Å². The lowest BCUT2D eigenvalue weighted by atomic mass is 9.74. The highest BCUT2D eigenvalue weighted by molar-refractivity contribution is 6.31. The molecule has 1 aromatic carbocycles. The van der Waals surface area contributed by atoms with Gasteiger partial charge in [0.15, 0.2) is 0 Å². The van der Waals surface area contributed by atoms with Crippen LogP contribution in [-0.4, -0.2) is 13.1 Å². The molecule has 1 heterocycles. The van der Waals surface area contributed by atoms with E-state index < -0.39 is 0 Å². The van der Waals surface area contributed by atoms with Gasteiger partial charge in [-0.1, -0.05) is 17.7 Å². The smallest absolute Gasteiger partial charge is 0.0438 e. The van der Waals surface area contributed by atoms with Crippen molar-refractivity contribution < 1.29 is 0 Å². The molecule has 0 amide bonds. The highest BCUT2D eigenvalue weighted by Crippen LogP contribution is 2.46. The Morgan fingerprint density at radius 1 is 1.19 bits per heavy atom. The minimum Gasteiger partial charge on any atom is -0.317 e. The Kier molecular flexibility index (Phi) is 2.49. The molecule has 1 spiro atoms. The quantitative estimate of drug-likeness (QED) is 0.728. The zero-order chi connectivity index (χ0) is 11.2. The van der Waals surface area contributed by atoms with Crippen molar-refractivity contribution >= 4 is 11.6 Å². The third-order valence-electron chi connectivity index (χ3n) is 4.39. The summed E-state index contributed by atoms with van der Waals surface area (Å²) in [6, 6.07) is 4.54. The highest BCUT2D eigenvalue weighted by atomic mass is 35.5. The van der Waals surface area contributed by atoms with E-state index in [1.807, 2.05) is 0 Å². The number of aryl methyl sites for hydroxylation is 2. The number of hydrogen-bond donors (Lipinski definition) is 1. The second kappa shape index (κ2) is 3.75. The van der Waals surface area contributed by atoms with E-state index in [9.17, 15) is 0 Å². The highest BCUT2D eigenvalue weighted by Gasteiger charge is 2.39. The van der Waals surface area contributed by atoms with E-state index >= 15 is 0 Å². The van der Waals surface area contributed by atoms with Crippen LogP contribution in [0.1, 0.15) is 36.0 Å². The first kappa shape index (κ1) is 10.6. The van der Waals surface area contributed by atoms with Gasteiger partial charge in [0.05, 0.1) is 0 Å². The summed E-state index contributed by atoms with van der Waals surface area (Å²) in [5, 5.41) is 4.40. The Morgan fingerprint density at radius 3 is 2.69 bits per heavy atom. The van der Waals surface area contributed by atoms with Gasteiger partial charge in [0, 0.05) is 5.02 Å². The van der Waals surface area contributed by atoms with Crippen molar-refractivity contribution in [3.05, 3.63) is 33.8 Å². The van der Waals surface area contributed by atoms with Gasteiger partial charge in [-0.25, -0.2) is 0 Å². The van der Waals surface area contributed by atoms with Crippen molar-refractivity contribution in [1.29, 1.82) is 0 Å². The van der Waals surface area contributed by atoms with Crippen LogP contribution in [0.2, 0.25) is 5.02 Å². The molecule has 1 aliphatic heterocycles. The van der Waals surface area contributed by atoms with Crippen molar-refractivity contribution in [2.75, 3.05) is 13.1 Å². The molecule has 3 rings (SSSR count). The number of halogens is 1. The normalized spacial score (nSPS) is 22.4. The molecule has 2 heteroatoms. The molecule has 1 aliphatic carbocycles. The average Bonchev–Trinajstić information content (AvgIpc) is 2.60. The maximum absolute atomic E-state index is 6.28. The van der Waals surface area contributed by atoms with Gasteiger partial charge in [0.25, 0.3) is 0 Å². The van der Waals surface area contributed by atoms with Gasteiger partial charge in [-0.2, -0.15) is 0 Å². The topological polar surface area (TPSA) is 12.0 Å². The van der Waals surface area contributed by atoms with Crippen LogP contribution < -0.4 is 5.32 Å². The molecule has 0 atom stereocenters. The summed E-state index contributed by atoms with van der Waals surface area (Å²) in [5.41, 5.74) is 4.76. The summed E-state index contributed by atoms with van der Waals surface area (Å²) in [7, 11) is 0. The predicted molar refractivity (Wildman–Crippen MR) is 68.3 cm³/mol. The number of fused-ring (bicyclic) bond motifs is 2. The third kappa shape index (κ3) is 1.49. The van der Waals surface area contributed by atoms with E-state index in [0.717, 1.165) is 18.1 Å². The maximum atomic E-state index is 6.28. The molecule has 1 fully saturated rings. The second-order valence-corrected chi connectivity index (χ2v) is 5.70. The van der Waals surface area contributed by atoms with E-state index in [1.54, 1.807) is 11.1 Å². The van der Waals surface area contributed by atoms with E-state index in [1.165, 1.54) is 31.2 Å². The molecule has 1 N–H and O–H groups in total. The van der Waals surface area contributed by atoms with Gasteiger partial charge < -0.3 is 5.32 Å². The molecule has 16 heavy (non-hydrogen) atoms. The minimum absolute atomic E-state index is 0.442. The van der Waals surface area contributed by atoms with Crippen LogP contribution in [0, 0.1) is 6.92 Å². The van der Waals surface area contributed by atoms with Crippen LogP contribution in [0.25, 0.3) is 0 Å². The van der Waals surface area contributed by atoms with Crippen LogP contribution in [0.5, 0.6) is 0 Å². The first-order valence-corrected chi connectivity index (χ1v) is 6.59. The first-order valence-electron chi connectivity index (χ1n) is 6.22. The molecule has 0 aromatic heterocycles. The molecule has 0 radical (unpaired) electrons. The summed E-state index contributed by atoms with van der Waals surface area (Å²) in [6.45, 7) is 4.42. The Hall–Kier alpha value is -0.530. The zero-order valence-electron chi connectivity index (χ0n) is 9.78. The average molecular weight is 236 g/mol.